The molecule has 0 saturated heterocycles. The fourth-order valence-electron chi connectivity index (χ4n) is 2.74. The zero-order valence-corrected chi connectivity index (χ0v) is 17.1. The van der Waals surface area contributed by atoms with E-state index in [0.29, 0.717) is 22.5 Å². The van der Waals surface area contributed by atoms with Crippen LogP contribution in [-0.2, 0) is 4.79 Å². The average molecular weight is 401 g/mol. The monoisotopic (exact) mass is 400 g/mol. The molecule has 1 amide bonds. The number of nitrogens with zero attached hydrogens (tertiary/aromatic N) is 3. The highest BCUT2D eigenvalue weighted by Gasteiger charge is 2.20. The van der Waals surface area contributed by atoms with Crippen LogP contribution in [0.3, 0.4) is 0 Å². The van der Waals surface area contributed by atoms with E-state index in [9.17, 15) is 4.79 Å². The fourth-order valence-corrected chi connectivity index (χ4v) is 3.73. The van der Waals surface area contributed by atoms with Crippen LogP contribution in [0.25, 0.3) is 17.1 Å². The summed E-state index contributed by atoms with van der Waals surface area (Å²) in [4.78, 5) is 11.9. The van der Waals surface area contributed by atoms with Gasteiger partial charge >= 0.3 is 0 Å². The SMILES string of the molecule is CCNC(=O)CSc1nnc(-c2ccccc2Cl)n1-c1cc(C)ccc1C. The van der Waals surface area contributed by atoms with Crippen molar-refractivity contribution in [3.63, 3.8) is 0 Å². The molecule has 5 nitrogen and oxygen atoms in total. The first-order valence-corrected chi connectivity index (χ1v) is 10.0. The first kappa shape index (κ1) is 19.5. The highest BCUT2D eigenvalue weighted by Crippen LogP contribution is 2.33. The zero-order chi connectivity index (χ0) is 19.4. The molecule has 0 spiro atoms. The van der Waals surface area contributed by atoms with E-state index in [1.807, 2.05) is 49.6 Å². The Balaban J connectivity index is 2.11. The van der Waals surface area contributed by atoms with Gasteiger partial charge < -0.3 is 5.32 Å². The summed E-state index contributed by atoms with van der Waals surface area (Å²) >= 11 is 7.78. The number of rotatable bonds is 6. The van der Waals surface area contributed by atoms with Crippen LogP contribution < -0.4 is 5.32 Å². The van der Waals surface area contributed by atoms with Crippen LogP contribution in [0.2, 0.25) is 5.02 Å². The van der Waals surface area contributed by atoms with E-state index >= 15 is 0 Å². The third-order valence-corrected chi connectivity index (χ3v) is 5.32. The van der Waals surface area contributed by atoms with Crippen molar-refractivity contribution < 1.29 is 4.79 Å². The second kappa shape index (κ2) is 8.59. The number of benzene rings is 2. The molecule has 27 heavy (non-hydrogen) atoms. The van der Waals surface area contributed by atoms with Crippen molar-refractivity contribution in [3.05, 3.63) is 58.6 Å². The van der Waals surface area contributed by atoms with E-state index < -0.39 is 0 Å². The molecule has 2 aromatic carbocycles. The van der Waals surface area contributed by atoms with Crippen molar-refractivity contribution in [2.24, 2.45) is 0 Å². The number of thioether (sulfide) groups is 1. The molecule has 1 heterocycles. The quantitative estimate of drug-likeness (QED) is 0.621. The third-order valence-electron chi connectivity index (χ3n) is 4.06. The molecule has 0 saturated carbocycles. The van der Waals surface area contributed by atoms with Crippen molar-refractivity contribution in [2.75, 3.05) is 12.3 Å². The molecule has 3 rings (SSSR count). The van der Waals surface area contributed by atoms with Crippen LogP contribution in [0, 0.1) is 13.8 Å². The summed E-state index contributed by atoms with van der Waals surface area (Å²) in [5.41, 5.74) is 4.01. The number of halogens is 1. The predicted octanol–water partition coefficient (Wildman–Crippen LogP) is 4.43. The van der Waals surface area contributed by atoms with Crippen molar-refractivity contribution in [1.29, 1.82) is 0 Å². The van der Waals surface area contributed by atoms with Crippen LogP contribution in [0.15, 0.2) is 47.6 Å². The highest BCUT2D eigenvalue weighted by molar-refractivity contribution is 7.99. The largest absolute Gasteiger partial charge is 0.356 e. The van der Waals surface area contributed by atoms with Gasteiger partial charge in [-0.05, 0) is 50.1 Å². The van der Waals surface area contributed by atoms with Crippen LogP contribution in [0.5, 0.6) is 0 Å². The van der Waals surface area contributed by atoms with Gasteiger partial charge in [0.05, 0.1) is 16.5 Å². The average Bonchev–Trinajstić information content (AvgIpc) is 3.06. The molecule has 140 valence electrons. The Morgan fingerprint density at radius 1 is 1.19 bits per heavy atom. The van der Waals surface area contributed by atoms with E-state index in [2.05, 4.69) is 33.7 Å². The molecule has 0 radical (unpaired) electrons. The highest BCUT2D eigenvalue weighted by atomic mass is 35.5. The van der Waals surface area contributed by atoms with Crippen LogP contribution >= 0.6 is 23.4 Å². The van der Waals surface area contributed by atoms with Gasteiger partial charge in [-0.1, -0.05) is 47.6 Å². The molecule has 0 aliphatic heterocycles. The summed E-state index contributed by atoms with van der Waals surface area (Å²) in [6, 6.07) is 13.8. The van der Waals surface area contributed by atoms with E-state index in [-0.39, 0.29) is 11.7 Å². The van der Waals surface area contributed by atoms with Crippen LogP contribution in [0.1, 0.15) is 18.1 Å². The summed E-state index contributed by atoms with van der Waals surface area (Å²) < 4.78 is 1.98. The molecule has 0 bridgehead atoms. The van der Waals surface area contributed by atoms with Gasteiger partial charge in [0.1, 0.15) is 0 Å². The number of amides is 1. The number of hydrogen-bond donors (Lipinski definition) is 1. The minimum atomic E-state index is -0.0303. The molecule has 1 aromatic heterocycles. The Kier molecular flexibility index (Phi) is 6.19. The lowest BCUT2D eigenvalue weighted by Gasteiger charge is -2.14. The first-order valence-electron chi connectivity index (χ1n) is 8.68. The Hall–Kier alpha value is -2.31. The van der Waals surface area contributed by atoms with Gasteiger partial charge in [0.25, 0.3) is 0 Å². The fraction of sp³-hybridized carbons (Fsp3) is 0.250. The summed E-state index contributed by atoms with van der Waals surface area (Å²) in [7, 11) is 0. The number of carbonyl (C=O) groups excluding carboxylic acids is 1. The minimum Gasteiger partial charge on any atom is -0.356 e. The van der Waals surface area contributed by atoms with Gasteiger partial charge in [0, 0.05) is 12.1 Å². The van der Waals surface area contributed by atoms with E-state index in [0.717, 1.165) is 22.4 Å². The Labute approximate surface area is 168 Å². The van der Waals surface area contributed by atoms with Crippen molar-refractivity contribution >= 4 is 29.3 Å². The molecule has 7 heteroatoms. The van der Waals surface area contributed by atoms with Gasteiger partial charge in [-0.25, -0.2) is 0 Å². The molecule has 0 atom stereocenters. The van der Waals surface area contributed by atoms with Crippen LogP contribution in [-0.4, -0.2) is 33.0 Å². The van der Waals surface area contributed by atoms with Gasteiger partial charge in [0.2, 0.25) is 5.91 Å². The maximum Gasteiger partial charge on any atom is 0.230 e. The van der Waals surface area contributed by atoms with Crippen LogP contribution in [0.4, 0.5) is 0 Å². The second-order valence-electron chi connectivity index (χ2n) is 6.15. The van der Waals surface area contributed by atoms with Crippen molar-refractivity contribution in [2.45, 2.75) is 25.9 Å². The lowest BCUT2D eigenvalue weighted by Crippen LogP contribution is -2.24. The predicted molar refractivity (Wildman–Crippen MR) is 111 cm³/mol. The number of nitrogens with one attached hydrogen (secondary N) is 1. The summed E-state index contributed by atoms with van der Waals surface area (Å²) in [6.07, 6.45) is 0. The normalized spacial score (nSPS) is 10.8. The second-order valence-corrected chi connectivity index (χ2v) is 7.50. The van der Waals surface area contributed by atoms with E-state index in [1.165, 1.54) is 11.8 Å². The number of aryl methyl sites for hydroxylation is 2. The Morgan fingerprint density at radius 2 is 1.96 bits per heavy atom. The molecule has 3 aromatic rings. The van der Waals surface area contributed by atoms with Gasteiger partial charge in [-0.15, -0.1) is 10.2 Å². The van der Waals surface area contributed by atoms with Crippen molar-refractivity contribution in [3.8, 4) is 17.1 Å². The Bertz CT molecular complexity index is 970. The zero-order valence-electron chi connectivity index (χ0n) is 15.5. The minimum absolute atomic E-state index is 0.0303. The Morgan fingerprint density at radius 3 is 2.70 bits per heavy atom. The molecule has 1 N–H and O–H groups in total. The third kappa shape index (κ3) is 4.34. The molecule has 0 fully saturated rings. The standard InChI is InChI=1S/C20H21ClN4OS/c1-4-22-18(26)12-27-20-24-23-19(15-7-5-6-8-16(15)21)25(20)17-11-13(2)9-10-14(17)3/h5-11H,4,12H2,1-3H3,(H,22,26). The summed E-state index contributed by atoms with van der Waals surface area (Å²) in [5, 5.41) is 12.8. The summed E-state index contributed by atoms with van der Waals surface area (Å²) in [6.45, 7) is 6.60. The lowest BCUT2D eigenvalue weighted by molar-refractivity contribution is -0.118. The van der Waals surface area contributed by atoms with Crippen molar-refractivity contribution in [1.82, 2.24) is 20.1 Å². The maximum atomic E-state index is 11.9. The lowest BCUT2D eigenvalue weighted by atomic mass is 10.1. The number of hydrogen-bond acceptors (Lipinski definition) is 4. The topological polar surface area (TPSA) is 59.8 Å². The number of aromatic nitrogens is 3. The van der Waals surface area contributed by atoms with Gasteiger partial charge in [-0.2, -0.15) is 0 Å². The molecule has 0 unspecified atom stereocenters. The molecular formula is C20H21ClN4OS. The van der Waals surface area contributed by atoms with E-state index in [4.69, 9.17) is 11.6 Å². The van der Waals surface area contributed by atoms with Gasteiger partial charge in [0.15, 0.2) is 11.0 Å². The smallest absolute Gasteiger partial charge is 0.230 e. The first-order chi connectivity index (χ1) is 13.0. The van der Waals surface area contributed by atoms with Gasteiger partial charge in [-0.3, -0.25) is 9.36 Å². The molecule has 0 aliphatic rings. The summed E-state index contributed by atoms with van der Waals surface area (Å²) in [5.74, 6) is 0.907. The van der Waals surface area contributed by atoms with E-state index in [1.54, 1.807) is 0 Å². The molecule has 0 aliphatic carbocycles. The maximum absolute atomic E-state index is 11.9. The number of carbonyl (C=O) groups is 1. The molecular weight excluding hydrogens is 380 g/mol.